The number of carboxylic acids is 1. The Balaban J connectivity index is 1.66. The maximum absolute atomic E-state index is 11.0. The average Bonchev–Trinajstić information content (AvgIpc) is 2.47. The van der Waals surface area contributed by atoms with Crippen molar-refractivity contribution >= 4 is 5.97 Å². The molecular weight excluding hydrogens is 258 g/mol. The van der Waals surface area contributed by atoms with Crippen molar-refractivity contribution in [3.05, 3.63) is 11.6 Å². The molecule has 0 amide bonds. The fourth-order valence-corrected chi connectivity index (χ4v) is 2.81. The molecule has 1 saturated heterocycles. The van der Waals surface area contributed by atoms with E-state index in [1.165, 1.54) is 0 Å². The van der Waals surface area contributed by atoms with Gasteiger partial charge in [0.15, 0.2) is 0 Å². The van der Waals surface area contributed by atoms with Crippen molar-refractivity contribution in [3.8, 4) is 0 Å². The second kappa shape index (κ2) is 7.73. The average molecular weight is 283 g/mol. The van der Waals surface area contributed by atoms with Crippen molar-refractivity contribution in [1.82, 2.24) is 14.7 Å². The van der Waals surface area contributed by atoms with Gasteiger partial charge in [0.1, 0.15) is 0 Å². The van der Waals surface area contributed by atoms with E-state index in [-0.39, 0.29) is 6.61 Å². The fourth-order valence-electron chi connectivity index (χ4n) is 2.81. The minimum absolute atomic E-state index is 0.234. The Kier molecular flexibility index (Phi) is 5.97. The summed E-state index contributed by atoms with van der Waals surface area (Å²) < 4.78 is 0. The minimum Gasteiger partial charge on any atom is -0.478 e. The molecule has 0 spiro atoms. The molecule has 6 nitrogen and oxygen atoms in total. The van der Waals surface area contributed by atoms with Crippen molar-refractivity contribution in [2.75, 3.05) is 65.5 Å². The molecule has 20 heavy (non-hydrogen) atoms. The van der Waals surface area contributed by atoms with Gasteiger partial charge < -0.3 is 10.2 Å². The summed E-state index contributed by atoms with van der Waals surface area (Å²) in [5.41, 5.74) is 0.531. The molecule has 0 aromatic rings. The number of rotatable bonds is 6. The molecule has 0 saturated carbocycles. The van der Waals surface area contributed by atoms with Crippen LogP contribution in [0.25, 0.3) is 0 Å². The summed E-state index contributed by atoms with van der Waals surface area (Å²) in [6.07, 6.45) is 2.68. The van der Waals surface area contributed by atoms with Crippen LogP contribution in [-0.2, 0) is 4.79 Å². The number of aliphatic carboxylic acids is 1. The summed E-state index contributed by atoms with van der Waals surface area (Å²) in [7, 11) is 0. The van der Waals surface area contributed by atoms with E-state index in [4.69, 9.17) is 10.2 Å². The summed E-state index contributed by atoms with van der Waals surface area (Å²) in [5, 5.41) is 17.9. The highest BCUT2D eigenvalue weighted by Crippen LogP contribution is 2.10. The van der Waals surface area contributed by atoms with E-state index in [1.807, 2.05) is 6.08 Å². The van der Waals surface area contributed by atoms with Crippen molar-refractivity contribution < 1.29 is 15.0 Å². The normalized spacial score (nSPS) is 22.8. The first-order valence-electron chi connectivity index (χ1n) is 7.39. The Bertz CT molecular complexity index is 352. The van der Waals surface area contributed by atoms with Crippen LogP contribution in [0.2, 0.25) is 0 Å². The zero-order valence-corrected chi connectivity index (χ0v) is 12.0. The van der Waals surface area contributed by atoms with Gasteiger partial charge in [-0.2, -0.15) is 0 Å². The topological polar surface area (TPSA) is 67.2 Å². The van der Waals surface area contributed by atoms with Crippen LogP contribution >= 0.6 is 0 Å². The van der Waals surface area contributed by atoms with Crippen LogP contribution in [0.3, 0.4) is 0 Å². The van der Waals surface area contributed by atoms with Crippen LogP contribution in [-0.4, -0.2) is 96.4 Å². The first-order valence-corrected chi connectivity index (χ1v) is 7.39. The third-order valence-corrected chi connectivity index (χ3v) is 4.12. The van der Waals surface area contributed by atoms with Gasteiger partial charge in [-0.05, 0) is 6.42 Å². The van der Waals surface area contributed by atoms with E-state index in [0.29, 0.717) is 12.1 Å². The Morgan fingerprint density at radius 3 is 2.20 bits per heavy atom. The van der Waals surface area contributed by atoms with E-state index < -0.39 is 5.97 Å². The summed E-state index contributed by atoms with van der Waals surface area (Å²) in [5.74, 6) is -0.785. The largest absolute Gasteiger partial charge is 0.478 e. The van der Waals surface area contributed by atoms with Gasteiger partial charge in [-0.1, -0.05) is 6.08 Å². The van der Waals surface area contributed by atoms with Gasteiger partial charge in [0.05, 0.1) is 6.61 Å². The number of hydrogen-bond acceptors (Lipinski definition) is 5. The van der Waals surface area contributed by atoms with Crippen molar-refractivity contribution in [1.29, 1.82) is 0 Å². The summed E-state index contributed by atoms with van der Waals surface area (Å²) in [6, 6.07) is 0. The van der Waals surface area contributed by atoms with E-state index >= 15 is 0 Å². The van der Waals surface area contributed by atoms with Gasteiger partial charge >= 0.3 is 5.97 Å². The third kappa shape index (κ3) is 4.56. The zero-order valence-electron chi connectivity index (χ0n) is 12.0. The van der Waals surface area contributed by atoms with E-state index in [9.17, 15) is 4.79 Å². The Hall–Kier alpha value is -0.950. The highest BCUT2D eigenvalue weighted by Gasteiger charge is 2.20. The van der Waals surface area contributed by atoms with E-state index in [2.05, 4.69) is 14.7 Å². The number of hydrogen-bond donors (Lipinski definition) is 2. The van der Waals surface area contributed by atoms with Crippen molar-refractivity contribution in [2.45, 2.75) is 6.42 Å². The standard InChI is InChI=1S/C14H25N3O3/c18-11-10-16-6-4-15(5-7-16)8-9-17-3-1-2-13(12-17)14(19)20/h2,18H,1,3-12H2,(H,19,20). The zero-order chi connectivity index (χ0) is 14.4. The molecule has 0 aliphatic carbocycles. The highest BCUT2D eigenvalue weighted by atomic mass is 16.4. The first-order chi connectivity index (χ1) is 9.69. The number of β-amino-alcohol motifs (C(OH)–C–C–N with tert-alkyl or cyclic N) is 1. The molecule has 114 valence electrons. The molecule has 0 aromatic heterocycles. The monoisotopic (exact) mass is 283 g/mol. The van der Waals surface area contributed by atoms with E-state index in [1.54, 1.807) is 0 Å². The number of aliphatic hydroxyl groups is 1. The van der Waals surface area contributed by atoms with Gasteiger partial charge in [0.2, 0.25) is 0 Å². The number of nitrogens with zero attached hydrogens (tertiary/aromatic N) is 3. The lowest BCUT2D eigenvalue weighted by atomic mass is 10.1. The Labute approximate surface area is 120 Å². The van der Waals surface area contributed by atoms with Gasteiger partial charge in [0, 0.05) is 64.5 Å². The molecule has 0 unspecified atom stereocenters. The second-order valence-corrected chi connectivity index (χ2v) is 5.51. The molecule has 2 heterocycles. The molecule has 2 N–H and O–H groups in total. The smallest absolute Gasteiger partial charge is 0.332 e. The molecular formula is C14H25N3O3. The molecule has 0 aromatic carbocycles. The van der Waals surface area contributed by atoms with Gasteiger partial charge in [-0.25, -0.2) is 4.79 Å². The highest BCUT2D eigenvalue weighted by molar-refractivity contribution is 5.87. The maximum atomic E-state index is 11.0. The first kappa shape index (κ1) is 15.4. The lowest BCUT2D eigenvalue weighted by Gasteiger charge is -2.36. The van der Waals surface area contributed by atoms with Crippen LogP contribution in [0.1, 0.15) is 6.42 Å². The Morgan fingerprint density at radius 2 is 1.60 bits per heavy atom. The van der Waals surface area contributed by atoms with Crippen molar-refractivity contribution in [2.24, 2.45) is 0 Å². The summed E-state index contributed by atoms with van der Waals surface area (Å²) >= 11 is 0. The van der Waals surface area contributed by atoms with Gasteiger partial charge in [-0.3, -0.25) is 14.7 Å². The second-order valence-electron chi connectivity index (χ2n) is 5.51. The lowest BCUT2D eigenvalue weighted by molar-refractivity contribution is -0.133. The third-order valence-electron chi connectivity index (χ3n) is 4.12. The van der Waals surface area contributed by atoms with Gasteiger partial charge in [0.25, 0.3) is 0 Å². The maximum Gasteiger partial charge on any atom is 0.332 e. The molecule has 2 aliphatic heterocycles. The van der Waals surface area contributed by atoms with Crippen LogP contribution in [0, 0.1) is 0 Å². The molecule has 2 aliphatic rings. The van der Waals surface area contributed by atoms with Crippen LogP contribution in [0.5, 0.6) is 0 Å². The quantitative estimate of drug-likeness (QED) is 0.673. The number of aliphatic hydroxyl groups excluding tert-OH is 1. The predicted octanol–water partition coefficient (Wildman–Crippen LogP) is -0.687. The fraction of sp³-hybridized carbons (Fsp3) is 0.786. The molecule has 0 atom stereocenters. The number of piperazine rings is 1. The van der Waals surface area contributed by atoms with Crippen LogP contribution in [0.4, 0.5) is 0 Å². The van der Waals surface area contributed by atoms with Crippen molar-refractivity contribution in [3.63, 3.8) is 0 Å². The Morgan fingerprint density at radius 1 is 1.00 bits per heavy atom. The molecule has 6 heteroatoms. The molecule has 0 bridgehead atoms. The lowest BCUT2D eigenvalue weighted by Crippen LogP contribution is -2.49. The SMILES string of the molecule is O=C(O)C1=CCCN(CCN2CCN(CCO)CC2)C1. The van der Waals surface area contributed by atoms with E-state index in [0.717, 1.165) is 58.8 Å². The summed E-state index contributed by atoms with van der Waals surface area (Å²) in [4.78, 5) is 17.9. The minimum atomic E-state index is -0.785. The van der Waals surface area contributed by atoms with Crippen LogP contribution in [0.15, 0.2) is 11.6 Å². The number of carboxylic acid groups (broad SMARTS) is 1. The molecule has 1 fully saturated rings. The predicted molar refractivity (Wildman–Crippen MR) is 76.7 cm³/mol. The van der Waals surface area contributed by atoms with Gasteiger partial charge in [-0.15, -0.1) is 0 Å². The molecule has 2 rings (SSSR count). The van der Waals surface area contributed by atoms with Crippen LogP contribution < -0.4 is 0 Å². The number of carbonyl (C=O) groups is 1. The molecule has 0 radical (unpaired) electrons. The summed E-state index contributed by atoms with van der Waals surface area (Å²) in [6.45, 7) is 8.57.